The lowest BCUT2D eigenvalue weighted by Crippen LogP contribution is -2.28. The number of nitrogens with zero attached hydrogens (tertiary/aromatic N) is 4. The Kier molecular flexibility index (Phi) is 5.82. The number of hydrogen-bond acceptors (Lipinski definition) is 4. The Hall–Kier alpha value is -4.47. The highest BCUT2D eigenvalue weighted by Gasteiger charge is 2.30. The summed E-state index contributed by atoms with van der Waals surface area (Å²) in [6, 6.07) is 12.6. The summed E-state index contributed by atoms with van der Waals surface area (Å²) in [5, 5.41) is 8.16. The van der Waals surface area contributed by atoms with Crippen molar-refractivity contribution in [2.24, 2.45) is 7.05 Å². The highest BCUT2D eigenvalue weighted by atomic mass is 19.4. The van der Waals surface area contributed by atoms with E-state index in [0.717, 1.165) is 23.4 Å². The maximum Gasteiger partial charge on any atom is 0.416 e. The molecule has 0 unspecified atom stereocenters. The van der Waals surface area contributed by atoms with E-state index >= 15 is 0 Å². The summed E-state index contributed by atoms with van der Waals surface area (Å²) in [5.41, 5.74) is 1.89. The molecule has 1 atom stereocenters. The maximum absolute atomic E-state index is 13.4. The summed E-state index contributed by atoms with van der Waals surface area (Å²) in [6.07, 6.45) is -1.28. The van der Waals surface area contributed by atoms with Gasteiger partial charge >= 0.3 is 6.18 Å². The lowest BCUT2D eigenvalue weighted by Gasteiger charge is -2.16. The highest BCUT2D eigenvalue weighted by Crippen LogP contribution is 2.31. The van der Waals surface area contributed by atoms with Gasteiger partial charge < -0.3 is 5.32 Å². The molecule has 3 heterocycles. The van der Waals surface area contributed by atoms with Gasteiger partial charge in [0.2, 0.25) is 0 Å². The van der Waals surface area contributed by atoms with E-state index in [1.54, 1.807) is 37.6 Å². The van der Waals surface area contributed by atoms with Gasteiger partial charge in [-0.25, -0.2) is 0 Å². The van der Waals surface area contributed by atoms with Crippen molar-refractivity contribution in [3.05, 3.63) is 99.7 Å². The maximum atomic E-state index is 13.4. The first-order chi connectivity index (χ1) is 17.5. The summed E-state index contributed by atoms with van der Waals surface area (Å²) in [7, 11) is 1.67. The number of fused-ring (bicyclic) bond motifs is 3. The van der Waals surface area contributed by atoms with E-state index in [1.165, 1.54) is 21.4 Å². The number of hydrogen-bond donors (Lipinski definition) is 1. The van der Waals surface area contributed by atoms with Crippen LogP contribution in [0.3, 0.4) is 0 Å². The minimum absolute atomic E-state index is 0.269. The molecule has 0 fully saturated rings. The number of pyridine rings is 2. The number of aryl methyl sites for hydroxylation is 2. The van der Waals surface area contributed by atoms with Crippen LogP contribution in [0.1, 0.15) is 40.1 Å². The van der Waals surface area contributed by atoms with Crippen LogP contribution in [0, 0.1) is 6.92 Å². The smallest absolute Gasteiger partial charge is 0.344 e. The van der Waals surface area contributed by atoms with Gasteiger partial charge in [-0.3, -0.25) is 23.8 Å². The van der Waals surface area contributed by atoms with E-state index in [0.29, 0.717) is 22.0 Å². The molecule has 7 nitrogen and oxygen atoms in total. The Bertz CT molecular complexity index is 1720. The predicted molar refractivity (Wildman–Crippen MR) is 134 cm³/mol. The van der Waals surface area contributed by atoms with Crippen LogP contribution in [0.5, 0.6) is 0 Å². The van der Waals surface area contributed by atoms with Gasteiger partial charge in [-0.1, -0.05) is 6.07 Å². The molecule has 0 aliphatic carbocycles. The van der Waals surface area contributed by atoms with E-state index in [2.05, 4.69) is 15.4 Å². The summed E-state index contributed by atoms with van der Waals surface area (Å²) in [5.74, 6) is -0.337. The van der Waals surface area contributed by atoms with Crippen molar-refractivity contribution in [3.8, 4) is 5.69 Å². The van der Waals surface area contributed by atoms with Crippen LogP contribution in [0.15, 0.2) is 71.8 Å². The highest BCUT2D eigenvalue weighted by molar-refractivity contribution is 6.07. The van der Waals surface area contributed by atoms with Gasteiger partial charge in [-0.15, -0.1) is 0 Å². The van der Waals surface area contributed by atoms with E-state index in [-0.39, 0.29) is 23.0 Å². The van der Waals surface area contributed by atoms with Gasteiger partial charge in [0.1, 0.15) is 5.52 Å². The zero-order valence-electron chi connectivity index (χ0n) is 20.2. The Morgan fingerprint density at radius 3 is 2.46 bits per heavy atom. The monoisotopic (exact) mass is 505 g/mol. The Morgan fingerprint density at radius 1 is 1.05 bits per heavy atom. The molecule has 188 valence electrons. The van der Waals surface area contributed by atoms with Crippen molar-refractivity contribution in [2.75, 3.05) is 0 Å². The van der Waals surface area contributed by atoms with Gasteiger partial charge in [0.05, 0.1) is 28.2 Å². The second-order valence-corrected chi connectivity index (χ2v) is 8.88. The van der Waals surface area contributed by atoms with Crippen molar-refractivity contribution < 1.29 is 18.0 Å². The van der Waals surface area contributed by atoms with Crippen molar-refractivity contribution >= 4 is 27.7 Å². The number of carbonyl (C=O) groups excluding carboxylic acids is 1. The molecular weight excluding hydrogens is 483 g/mol. The number of alkyl halides is 3. The molecule has 5 aromatic rings. The Morgan fingerprint density at radius 2 is 1.78 bits per heavy atom. The molecule has 2 aromatic carbocycles. The number of amides is 1. The molecule has 0 bridgehead atoms. The van der Waals surface area contributed by atoms with E-state index in [1.807, 2.05) is 26.0 Å². The molecule has 0 spiro atoms. The molecule has 37 heavy (non-hydrogen) atoms. The average molecular weight is 506 g/mol. The molecule has 0 aliphatic rings. The fourth-order valence-corrected chi connectivity index (χ4v) is 4.49. The standard InChI is InChI=1S/C27H22F3N5O2/c1-15-5-4-12-31-23(15)16(2)32-25(36)17-6-11-22-20(13-17)24-21(14-34(3)33-24)26(37)35(22)19-9-7-18(8-10-19)27(28,29)30/h4-14,16H,1-3H3,(H,32,36)/t16-/m0/s1. The number of benzene rings is 2. The van der Waals surface area contributed by atoms with Gasteiger partial charge in [0.25, 0.3) is 11.5 Å². The lowest BCUT2D eigenvalue weighted by molar-refractivity contribution is -0.137. The van der Waals surface area contributed by atoms with Crippen LogP contribution in [0.25, 0.3) is 27.5 Å². The van der Waals surface area contributed by atoms with Gasteiger partial charge in [-0.2, -0.15) is 18.3 Å². The third kappa shape index (κ3) is 4.35. The molecule has 0 saturated carbocycles. The van der Waals surface area contributed by atoms with Crippen LogP contribution in [0.2, 0.25) is 0 Å². The minimum atomic E-state index is -4.49. The Balaban J connectivity index is 1.62. The molecule has 1 N–H and O–H groups in total. The zero-order valence-corrected chi connectivity index (χ0v) is 20.2. The molecule has 10 heteroatoms. The van der Waals surface area contributed by atoms with Crippen molar-refractivity contribution in [1.82, 2.24) is 24.6 Å². The van der Waals surface area contributed by atoms with Crippen molar-refractivity contribution in [3.63, 3.8) is 0 Å². The number of aromatic nitrogens is 4. The van der Waals surface area contributed by atoms with E-state index in [4.69, 9.17) is 0 Å². The van der Waals surface area contributed by atoms with Crippen molar-refractivity contribution in [1.29, 1.82) is 0 Å². The van der Waals surface area contributed by atoms with Crippen LogP contribution in [-0.2, 0) is 13.2 Å². The Labute approximate surface area is 209 Å². The number of rotatable bonds is 4. The predicted octanol–water partition coefficient (Wildman–Crippen LogP) is 5.09. The summed E-state index contributed by atoms with van der Waals surface area (Å²) >= 11 is 0. The van der Waals surface area contributed by atoms with Gasteiger partial charge in [-0.05, 0) is 67.9 Å². The number of halogens is 3. The quantitative estimate of drug-likeness (QED) is 0.369. The molecule has 1 amide bonds. The second-order valence-electron chi connectivity index (χ2n) is 8.88. The molecule has 0 saturated heterocycles. The molecule has 5 rings (SSSR count). The lowest BCUT2D eigenvalue weighted by atomic mass is 10.1. The number of carbonyl (C=O) groups is 1. The molecule has 3 aromatic heterocycles. The van der Waals surface area contributed by atoms with Crippen molar-refractivity contribution in [2.45, 2.75) is 26.1 Å². The summed E-state index contributed by atoms with van der Waals surface area (Å²) in [4.78, 5) is 30.9. The largest absolute Gasteiger partial charge is 0.416 e. The fourth-order valence-electron chi connectivity index (χ4n) is 4.49. The van der Waals surface area contributed by atoms with Crippen LogP contribution >= 0.6 is 0 Å². The van der Waals surface area contributed by atoms with Crippen LogP contribution in [0.4, 0.5) is 13.2 Å². The summed E-state index contributed by atoms with van der Waals surface area (Å²) < 4.78 is 42.1. The second kappa shape index (κ2) is 8.88. The average Bonchev–Trinajstić information content (AvgIpc) is 3.26. The third-order valence-corrected chi connectivity index (χ3v) is 6.28. The third-order valence-electron chi connectivity index (χ3n) is 6.28. The summed E-state index contributed by atoms with van der Waals surface area (Å²) in [6.45, 7) is 3.76. The van der Waals surface area contributed by atoms with E-state index in [9.17, 15) is 22.8 Å². The van der Waals surface area contributed by atoms with Gasteiger partial charge in [0.15, 0.2) is 0 Å². The topological polar surface area (TPSA) is 81.8 Å². The first-order valence-electron chi connectivity index (χ1n) is 11.5. The molecule has 0 aliphatic heterocycles. The zero-order chi connectivity index (χ0) is 26.5. The number of nitrogens with one attached hydrogen (secondary N) is 1. The normalized spacial score (nSPS) is 12.7. The van der Waals surface area contributed by atoms with E-state index < -0.39 is 17.3 Å². The first kappa shape index (κ1) is 24.2. The van der Waals surface area contributed by atoms with Crippen LogP contribution < -0.4 is 10.9 Å². The molecule has 0 radical (unpaired) electrons. The fraction of sp³-hybridized carbons (Fsp3) is 0.185. The van der Waals surface area contributed by atoms with Gasteiger partial charge in [0, 0.05) is 36.1 Å². The SMILES string of the molecule is Cc1cccnc1[C@H](C)NC(=O)c1ccc2c(c1)c1nn(C)cc1c(=O)n2-c1ccc(C(F)(F)F)cc1. The van der Waals surface area contributed by atoms with Crippen LogP contribution in [-0.4, -0.2) is 25.2 Å². The molecular formula is C27H22F3N5O2. The first-order valence-corrected chi connectivity index (χ1v) is 11.5. The minimum Gasteiger partial charge on any atom is -0.344 e.